The van der Waals surface area contributed by atoms with Gasteiger partial charge < -0.3 is 4.98 Å². The van der Waals surface area contributed by atoms with Crippen LogP contribution >= 0.6 is 0 Å². The molecule has 2 aromatic heterocycles. The number of hydrogen-bond donors (Lipinski definition) is 1. The van der Waals surface area contributed by atoms with Crippen LogP contribution in [0.5, 0.6) is 0 Å². The van der Waals surface area contributed by atoms with E-state index in [4.69, 9.17) is 9.64 Å². The van der Waals surface area contributed by atoms with Crippen molar-refractivity contribution in [1.82, 2.24) is 19.1 Å². The first-order chi connectivity index (χ1) is 9.07. The third kappa shape index (κ3) is 0.851. The van der Waals surface area contributed by atoms with Gasteiger partial charge in [0.05, 0.1) is 6.30 Å². The van der Waals surface area contributed by atoms with Crippen molar-refractivity contribution >= 4 is 11.2 Å². The van der Waals surface area contributed by atoms with Gasteiger partial charge in [0.2, 0.25) is 0 Å². The van der Waals surface area contributed by atoms with Crippen LogP contribution in [-0.4, -0.2) is 19.1 Å². The van der Waals surface area contributed by atoms with E-state index in [1.165, 1.54) is 0 Å². The summed E-state index contributed by atoms with van der Waals surface area (Å²) < 4.78 is 51.0. The van der Waals surface area contributed by atoms with Crippen molar-refractivity contribution in [2.75, 3.05) is 0 Å². The van der Waals surface area contributed by atoms with Gasteiger partial charge in [0.25, 0.3) is 5.56 Å². The van der Waals surface area contributed by atoms with Crippen LogP contribution in [0.1, 0.15) is 8.22 Å². The zero-order chi connectivity index (χ0) is 15.4. The number of aromatic amines is 1. The van der Waals surface area contributed by atoms with Crippen LogP contribution in [0.3, 0.4) is 0 Å². The third-order valence-electron chi connectivity index (χ3n) is 1.56. The lowest BCUT2D eigenvalue weighted by molar-refractivity contribution is 0.709. The first-order valence-electron chi connectivity index (χ1n) is 6.78. The van der Waals surface area contributed by atoms with E-state index in [0.29, 0.717) is 4.57 Å². The number of nitrogens with zero attached hydrogens (tertiary/aromatic N) is 3. The van der Waals surface area contributed by atoms with E-state index < -0.39 is 42.7 Å². The Kier molecular flexibility index (Phi) is 0.558. The van der Waals surface area contributed by atoms with Gasteiger partial charge in [-0.3, -0.25) is 13.9 Å². The Hall–Kier alpha value is -1.85. The van der Waals surface area contributed by atoms with Crippen molar-refractivity contribution in [3.8, 4) is 0 Å². The number of hydrogen-bond acceptors (Lipinski definition) is 3. The summed E-state index contributed by atoms with van der Waals surface area (Å²) in [5.41, 5.74) is -3.90. The Labute approximate surface area is 82.3 Å². The highest BCUT2D eigenvalue weighted by molar-refractivity contribution is 5.68. The number of aryl methyl sites for hydroxylation is 1. The summed E-state index contributed by atoms with van der Waals surface area (Å²) in [5.74, 6) is 0. The van der Waals surface area contributed by atoms with Crippen molar-refractivity contribution in [2.24, 2.45) is 14.0 Å². The number of H-pyrrole nitrogens is 1. The van der Waals surface area contributed by atoms with Crippen molar-refractivity contribution in [2.45, 2.75) is 0 Å². The van der Waals surface area contributed by atoms with E-state index in [0.717, 1.165) is 0 Å². The Morgan fingerprint density at radius 3 is 3.23 bits per heavy atom. The van der Waals surface area contributed by atoms with Gasteiger partial charge in [0.1, 0.15) is 6.89 Å². The minimum Gasteiger partial charge on any atom is -0.339 e. The maximum atomic E-state index is 12.0. The van der Waals surface area contributed by atoms with E-state index in [-0.39, 0.29) is 9.54 Å². The molecule has 68 valence electrons. The smallest absolute Gasteiger partial charge is 0.332 e. The van der Waals surface area contributed by atoms with Gasteiger partial charge in [-0.25, -0.2) is 9.78 Å². The van der Waals surface area contributed by atoms with Gasteiger partial charge >= 0.3 is 5.69 Å². The molecule has 1 N–H and O–H groups in total. The molecule has 0 bridgehead atoms. The van der Waals surface area contributed by atoms with Gasteiger partial charge in [0, 0.05) is 20.8 Å². The van der Waals surface area contributed by atoms with E-state index in [1.807, 2.05) is 0 Å². The molecule has 13 heavy (non-hydrogen) atoms. The van der Waals surface area contributed by atoms with Crippen LogP contribution in [0.4, 0.5) is 0 Å². The molecule has 0 spiro atoms. The van der Waals surface area contributed by atoms with Crippen molar-refractivity contribution in [1.29, 1.82) is 0 Å². The van der Waals surface area contributed by atoms with Crippen molar-refractivity contribution in [3.05, 3.63) is 27.1 Å². The average molecular weight is 187 g/mol. The first-order valence-corrected chi connectivity index (χ1v) is 3.18. The summed E-state index contributed by atoms with van der Waals surface area (Å²) in [6.07, 6.45) is -0.714. The molecule has 2 rings (SSSR count). The summed E-state index contributed by atoms with van der Waals surface area (Å²) in [6.45, 7) is -5.11. The lowest BCUT2D eigenvalue weighted by Gasteiger charge is -2.00. The molecule has 0 amide bonds. The Balaban J connectivity index is 3.17. The number of nitrogens with one attached hydrogen (secondary N) is 1. The molecule has 2 aromatic rings. The summed E-state index contributed by atoms with van der Waals surface area (Å²) in [6, 6.07) is 0. The normalized spacial score (nSPS) is 19.9. The highest BCUT2D eigenvalue weighted by Gasteiger charge is 2.08. The highest BCUT2D eigenvalue weighted by atomic mass is 16.2. The Bertz CT molecular complexity index is 799. The Morgan fingerprint density at radius 1 is 1.69 bits per heavy atom. The van der Waals surface area contributed by atoms with E-state index >= 15 is 0 Å². The molecule has 0 radical (unpaired) electrons. The quantitative estimate of drug-likeness (QED) is 0.572. The molecule has 0 aliphatic heterocycles. The molecule has 0 aliphatic rings. The molecule has 6 heteroatoms. The Morgan fingerprint density at radius 2 is 2.54 bits per heavy atom. The minimum atomic E-state index is -3.13. The summed E-state index contributed by atoms with van der Waals surface area (Å²) in [7, 11) is 0. The summed E-state index contributed by atoms with van der Waals surface area (Å²) >= 11 is 0. The zero-order valence-electron chi connectivity index (χ0n) is 13.2. The molecule has 0 atom stereocenters. The highest BCUT2D eigenvalue weighted by Crippen LogP contribution is 1.97. The molecular weight excluding hydrogens is 172 g/mol. The molecule has 0 aromatic carbocycles. The van der Waals surface area contributed by atoms with Gasteiger partial charge in [-0.1, -0.05) is 0 Å². The van der Waals surface area contributed by atoms with Crippen LogP contribution in [0, 0.1) is 0 Å². The number of fused-ring (bicyclic) bond motifs is 1. The maximum absolute atomic E-state index is 12.0. The minimum absolute atomic E-state index is 0.127. The second-order valence-corrected chi connectivity index (χ2v) is 2.29. The standard InChI is InChI=1S/C7H8N4O2/c1-10-5-4(8-3-9-5)6(12)11(2)7(10)13/h3H,1-2H3,(H,8,9)/i1D2,2D3,3D/hD. The van der Waals surface area contributed by atoms with E-state index in [1.54, 1.807) is 0 Å². The molecule has 2 heterocycles. The number of aromatic nitrogens is 4. The molecule has 0 unspecified atom stereocenters. The lowest BCUT2D eigenvalue weighted by Crippen LogP contribution is -2.36. The first kappa shape index (κ1) is 3.13. The zero-order valence-corrected chi connectivity index (χ0v) is 6.18. The van der Waals surface area contributed by atoms with Crippen LogP contribution in [0.25, 0.3) is 11.2 Å². The molecular formula is C7H8N4O2. The van der Waals surface area contributed by atoms with E-state index in [9.17, 15) is 9.59 Å². The predicted octanol–water partition coefficient (Wildman–Crippen LogP) is -1.04. The van der Waals surface area contributed by atoms with Crippen molar-refractivity contribution < 1.29 is 9.64 Å². The SMILES string of the molecule is [2H]c1nc2c(c(=O)n(C([2H])([2H])[2H])c(=O)n2C([2H])[2H])n1[2H]. The van der Waals surface area contributed by atoms with Gasteiger partial charge in [-0.05, 0) is 0 Å². The fraction of sp³-hybridized carbons (Fsp3) is 0.286. The second-order valence-electron chi connectivity index (χ2n) is 2.29. The molecule has 0 saturated carbocycles. The summed E-state index contributed by atoms with van der Waals surface area (Å²) in [5, 5.41) is 0. The molecule has 0 aliphatic carbocycles. The molecule has 0 saturated heterocycles. The van der Waals surface area contributed by atoms with Crippen LogP contribution < -0.4 is 11.2 Å². The maximum Gasteiger partial charge on any atom is 0.332 e. The fourth-order valence-corrected chi connectivity index (χ4v) is 0.928. The molecule has 0 fully saturated rings. The summed E-state index contributed by atoms with van der Waals surface area (Å²) in [4.78, 5) is 27.7. The van der Waals surface area contributed by atoms with Crippen molar-refractivity contribution in [3.63, 3.8) is 0 Å². The van der Waals surface area contributed by atoms with Crippen LogP contribution in [0.15, 0.2) is 15.9 Å². The lowest BCUT2D eigenvalue weighted by atomic mass is 10.5. The topological polar surface area (TPSA) is 72.7 Å². The fourth-order valence-electron chi connectivity index (χ4n) is 0.928. The third-order valence-corrected chi connectivity index (χ3v) is 1.56. The van der Waals surface area contributed by atoms with Crippen LogP contribution in [0.2, 0.25) is 1.41 Å². The van der Waals surface area contributed by atoms with Gasteiger partial charge in [-0.15, -0.1) is 0 Å². The van der Waals surface area contributed by atoms with Gasteiger partial charge in [0.15, 0.2) is 7.06 Å². The van der Waals surface area contributed by atoms with E-state index in [2.05, 4.69) is 4.98 Å². The van der Waals surface area contributed by atoms with Crippen LogP contribution in [-0.2, 0) is 14.0 Å². The molecule has 6 nitrogen and oxygen atoms in total. The largest absolute Gasteiger partial charge is 0.339 e. The van der Waals surface area contributed by atoms with Gasteiger partial charge in [-0.2, -0.15) is 0 Å². The number of imidazole rings is 1. The monoisotopic (exact) mass is 187 g/mol. The predicted molar refractivity (Wildman–Crippen MR) is 46.6 cm³/mol. The average Bonchev–Trinajstić information content (AvgIpc) is 2.52. The number of rotatable bonds is 0. The second kappa shape index (κ2) is 2.32.